The Bertz CT molecular complexity index is 506. The summed E-state index contributed by atoms with van der Waals surface area (Å²) in [5.41, 5.74) is 2.33. The average Bonchev–Trinajstić information content (AvgIpc) is 2.39. The number of hydrogen-bond acceptors (Lipinski definition) is 1. The molecular weight excluding hydrogens is 248 g/mol. The van der Waals surface area contributed by atoms with Crippen LogP contribution in [0.15, 0.2) is 59.5 Å². The van der Waals surface area contributed by atoms with E-state index in [0.29, 0.717) is 0 Å². The van der Waals surface area contributed by atoms with E-state index in [9.17, 15) is 4.21 Å². The van der Waals surface area contributed by atoms with Crippen molar-refractivity contribution in [2.45, 2.75) is 10.1 Å². The molecule has 2 rings (SSSR count). The second-order valence-electron chi connectivity index (χ2n) is 3.86. The van der Waals surface area contributed by atoms with Gasteiger partial charge in [0, 0.05) is 0 Å². The van der Waals surface area contributed by atoms with Gasteiger partial charge in [-0.15, -0.1) is 0 Å². The summed E-state index contributed by atoms with van der Waals surface area (Å²) in [6, 6.07) is 18.2. The minimum absolute atomic E-state index is 0.0857. The predicted octanol–water partition coefficient (Wildman–Crippen LogP) is 3.60. The molecule has 1 N–H and O–H groups in total. The van der Waals surface area contributed by atoms with Crippen LogP contribution in [0, 0.1) is 0 Å². The highest BCUT2D eigenvalue weighted by atomic mass is 32.2. The van der Waals surface area contributed by atoms with Gasteiger partial charge in [0.15, 0.2) is 0 Å². The Kier molecular flexibility index (Phi) is 4.02. The van der Waals surface area contributed by atoms with Crippen LogP contribution in [0.2, 0.25) is 0 Å². The second kappa shape index (κ2) is 5.52. The lowest BCUT2D eigenvalue weighted by Crippen LogP contribution is -1.94. The van der Waals surface area contributed by atoms with Gasteiger partial charge in [0.05, 0.1) is 16.4 Å². The monoisotopic (exact) mass is 263 g/mol. The van der Waals surface area contributed by atoms with Gasteiger partial charge in [0.25, 0.3) is 0 Å². The number of hydrogen-bond donors (Lipinski definition) is 1. The van der Waals surface area contributed by atoms with E-state index in [1.54, 1.807) is 6.26 Å². The van der Waals surface area contributed by atoms with Crippen LogP contribution in [0.25, 0.3) is 0 Å². The molecule has 2 unspecified atom stereocenters. The van der Waals surface area contributed by atoms with Crippen LogP contribution >= 0.6 is 12.6 Å². The number of rotatable bonds is 3. The lowest BCUT2D eigenvalue weighted by molar-refractivity contribution is 0.731. The van der Waals surface area contributed by atoms with Gasteiger partial charge in [-0.1, -0.05) is 42.5 Å². The van der Waals surface area contributed by atoms with E-state index in [0.717, 1.165) is 10.5 Å². The largest absolute Gasteiger partial charge is 0.247 e. The molecule has 3 heteroatoms. The zero-order valence-electron chi connectivity index (χ0n) is 9.58. The van der Waals surface area contributed by atoms with Crippen LogP contribution in [0.3, 0.4) is 0 Å². The Balaban J connectivity index is 2.26. The topological polar surface area (TPSA) is 21.4 Å². The van der Waals surface area contributed by atoms with E-state index in [4.69, 9.17) is 0 Å². The van der Waals surface area contributed by atoms with Crippen molar-refractivity contribution in [2.24, 2.45) is 0 Å². The lowest BCUT2D eigenvalue weighted by Gasteiger charge is -2.11. The van der Waals surface area contributed by atoms with E-state index in [2.05, 4.69) is 24.8 Å². The maximum absolute atomic E-state index is 9.48. The van der Waals surface area contributed by atoms with Crippen LogP contribution in [-0.2, 0) is 10.8 Å². The molecule has 0 aromatic heterocycles. The van der Waals surface area contributed by atoms with Crippen molar-refractivity contribution in [3.63, 3.8) is 0 Å². The molecule has 0 radical (unpaired) electrons. The molecule has 17 heavy (non-hydrogen) atoms. The van der Waals surface area contributed by atoms with Crippen LogP contribution in [0.1, 0.15) is 16.4 Å². The molecule has 0 aliphatic heterocycles. The van der Waals surface area contributed by atoms with Crippen LogP contribution in [0.4, 0.5) is 0 Å². The van der Waals surface area contributed by atoms with Crippen molar-refractivity contribution < 1.29 is 4.21 Å². The highest BCUT2D eigenvalue weighted by Crippen LogP contribution is 2.28. The van der Waals surface area contributed by atoms with Crippen molar-refractivity contribution in [1.82, 2.24) is 0 Å². The Labute approximate surface area is 110 Å². The van der Waals surface area contributed by atoms with E-state index in [1.807, 2.05) is 42.5 Å². The van der Waals surface area contributed by atoms with Gasteiger partial charge >= 0.3 is 0 Å². The van der Waals surface area contributed by atoms with Crippen LogP contribution < -0.4 is 0 Å². The Morgan fingerprint density at radius 1 is 0.941 bits per heavy atom. The molecule has 0 saturated carbocycles. The molecule has 1 nitrogen and oxygen atoms in total. The predicted molar refractivity (Wildman–Crippen MR) is 77.2 cm³/mol. The molecule has 0 aliphatic carbocycles. The fraction of sp³-hybridized carbons (Fsp3) is 0.143. The van der Waals surface area contributed by atoms with Crippen molar-refractivity contribution in [2.75, 3.05) is 6.26 Å². The Morgan fingerprint density at radius 3 is 2.00 bits per heavy atom. The molecule has 2 aromatic carbocycles. The molecule has 88 valence electrons. The third-order valence-corrected chi connectivity index (χ3v) is 4.20. The van der Waals surface area contributed by atoms with Gasteiger partial charge in [0.1, 0.15) is 0 Å². The molecule has 0 fully saturated rings. The summed E-state index contributed by atoms with van der Waals surface area (Å²) in [5, 5.41) is 0.0857. The molecule has 0 amide bonds. The summed E-state index contributed by atoms with van der Waals surface area (Å²) >= 11 is 4.63. The first-order chi connectivity index (χ1) is 8.18. The molecule has 2 atom stereocenters. The lowest BCUT2D eigenvalue weighted by atomic mass is 10.0. The third kappa shape index (κ3) is 2.99. The third-order valence-electron chi connectivity index (χ3n) is 2.65. The zero-order valence-corrected chi connectivity index (χ0v) is 11.3. The molecular formula is C14H15OS2+. The quantitative estimate of drug-likeness (QED) is 0.645. The van der Waals surface area contributed by atoms with Gasteiger partial charge in [-0.25, -0.2) is 4.21 Å². The summed E-state index contributed by atoms with van der Waals surface area (Å²) < 4.78 is 9.48. The van der Waals surface area contributed by atoms with Crippen molar-refractivity contribution in [3.05, 3.63) is 65.7 Å². The van der Waals surface area contributed by atoms with Crippen molar-refractivity contribution in [1.29, 1.82) is 0 Å². The average molecular weight is 263 g/mol. The standard InChI is InChI=1S/C14H14OS2/c1-17(15)13-9-7-12(8-10-13)14(16)11-5-3-2-4-6-11/h2-10,14,16H,1H3/p+1. The highest BCUT2D eigenvalue weighted by Gasteiger charge is 2.10. The smallest absolute Gasteiger partial charge is 0.215 e. The minimum atomic E-state index is -0.670. The molecule has 0 bridgehead atoms. The number of benzene rings is 2. The number of thiol groups is 1. The summed E-state index contributed by atoms with van der Waals surface area (Å²) in [7, 11) is -0.670. The summed E-state index contributed by atoms with van der Waals surface area (Å²) in [5.74, 6) is 0. The van der Waals surface area contributed by atoms with Crippen LogP contribution in [0.5, 0.6) is 0 Å². The fourth-order valence-corrected chi connectivity index (χ4v) is 2.55. The first-order valence-corrected chi connectivity index (χ1v) is 7.47. The molecule has 0 aliphatic rings. The first-order valence-electron chi connectivity index (χ1n) is 5.36. The minimum Gasteiger partial charge on any atom is -0.247 e. The fourth-order valence-electron chi connectivity index (χ4n) is 1.67. The first kappa shape index (κ1) is 12.4. The molecule has 0 spiro atoms. The second-order valence-corrected chi connectivity index (χ2v) is 5.80. The Hall–Kier alpha value is -1.06. The summed E-state index contributed by atoms with van der Waals surface area (Å²) in [6.45, 7) is 0. The maximum Gasteiger partial charge on any atom is 0.215 e. The van der Waals surface area contributed by atoms with Gasteiger partial charge in [-0.05, 0) is 23.3 Å². The zero-order chi connectivity index (χ0) is 12.3. The molecule has 0 saturated heterocycles. The van der Waals surface area contributed by atoms with Crippen LogP contribution in [-0.4, -0.2) is 10.5 Å². The van der Waals surface area contributed by atoms with E-state index >= 15 is 0 Å². The van der Waals surface area contributed by atoms with Crippen molar-refractivity contribution in [3.8, 4) is 0 Å². The molecule has 2 aromatic rings. The van der Waals surface area contributed by atoms with Crippen molar-refractivity contribution >= 4 is 23.4 Å². The van der Waals surface area contributed by atoms with Gasteiger partial charge < -0.3 is 0 Å². The van der Waals surface area contributed by atoms with E-state index in [1.165, 1.54) is 5.56 Å². The van der Waals surface area contributed by atoms with Gasteiger partial charge in [-0.3, -0.25) is 0 Å². The SMILES string of the molecule is CS(=[OH+])c1ccc(C(S)c2ccccc2)cc1. The Morgan fingerprint density at radius 2 is 1.47 bits per heavy atom. The highest BCUT2D eigenvalue weighted by molar-refractivity contribution is 7.84. The van der Waals surface area contributed by atoms with E-state index < -0.39 is 10.8 Å². The molecule has 0 heterocycles. The summed E-state index contributed by atoms with van der Waals surface area (Å²) in [4.78, 5) is 0.961. The summed E-state index contributed by atoms with van der Waals surface area (Å²) in [6.07, 6.45) is 1.80. The van der Waals surface area contributed by atoms with E-state index in [-0.39, 0.29) is 5.25 Å². The normalized spacial score (nSPS) is 14.2. The van der Waals surface area contributed by atoms with Gasteiger partial charge in [-0.2, -0.15) is 12.6 Å². The van der Waals surface area contributed by atoms with Gasteiger partial charge in [0.2, 0.25) is 10.8 Å². The maximum atomic E-state index is 9.48.